The number of hydrogen-bond donors (Lipinski definition) is 3. The molecule has 4 atom stereocenters. The molecule has 214 valence electrons. The molecule has 1 saturated heterocycles. The Morgan fingerprint density at radius 2 is 1.93 bits per heavy atom. The average molecular weight is 652 g/mol. The molecule has 2 heterocycles. The molecule has 2 aromatic carbocycles. The van der Waals surface area contributed by atoms with Gasteiger partial charge in [-0.1, -0.05) is 16.8 Å². The van der Waals surface area contributed by atoms with Gasteiger partial charge in [0.2, 0.25) is 0 Å². The zero-order chi connectivity index (χ0) is 29.4. The Bertz CT molecular complexity index is 1440. The largest absolute Gasteiger partial charge is 0.418 e. The van der Waals surface area contributed by atoms with Crippen molar-refractivity contribution in [3.8, 4) is 11.3 Å². The van der Waals surface area contributed by atoms with E-state index < -0.39 is 60.0 Å². The van der Waals surface area contributed by atoms with Gasteiger partial charge >= 0.3 is 6.18 Å². The van der Waals surface area contributed by atoms with Gasteiger partial charge < -0.3 is 20.7 Å². The van der Waals surface area contributed by atoms with Crippen molar-refractivity contribution < 1.29 is 36.9 Å². The Kier molecular flexibility index (Phi) is 8.89. The zero-order valence-electron chi connectivity index (χ0n) is 20.4. The molecule has 16 heteroatoms. The summed E-state index contributed by atoms with van der Waals surface area (Å²) in [4.78, 5) is 8.14. The molecule has 0 spiro atoms. The summed E-state index contributed by atoms with van der Waals surface area (Å²) in [5, 5.41) is 28.6. The van der Waals surface area contributed by atoms with E-state index in [-0.39, 0.29) is 38.8 Å². The number of nitrogens with zero attached hydrogens (tertiary/aromatic N) is 5. The molecule has 0 aliphatic carbocycles. The molecule has 4 rings (SSSR count). The van der Waals surface area contributed by atoms with Crippen molar-refractivity contribution >= 4 is 44.9 Å². The molecular weight excluding hydrogens is 631 g/mol. The quantitative estimate of drug-likeness (QED) is 0.157. The van der Waals surface area contributed by atoms with Crippen molar-refractivity contribution in [2.45, 2.75) is 43.9 Å². The van der Waals surface area contributed by atoms with E-state index in [2.05, 4.69) is 36.2 Å². The fourth-order valence-corrected chi connectivity index (χ4v) is 4.52. The van der Waals surface area contributed by atoms with Crippen LogP contribution in [-0.4, -0.2) is 61.8 Å². The number of aliphatic imine (C=N–C) groups is 2. The monoisotopic (exact) mass is 650 g/mol. The Labute approximate surface area is 237 Å². The Balaban J connectivity index is 1.74. The summed E-state index contributed by atoms with van der Waals surface area (Å²) in [6, 6.07) is 3.94. The topological polar surface area (TPSA) is 131 Å². The van der Waals surface area contributed by atoms with Crippen LogP contribution < -0.4 is 5.73 Å². The molecule has 1 fully saturated rings. The Morgan fingerprint density at radius 3 is 2.52 bits per heavy atom. The van der Waals surface area contributed by atoms with E-state index in [1.165, 1.54) is 17.8 Å². The fourth-order valence-electron chi connectivity index (χ4n) is 4.12. The van der Waals surface area contributed by atoms with Gasteiger partial charge in [-0.25, -0.2) is 23.4 Å². The lowest BCUT2D eigenvalue weighted by molar-refractivity contribution is -0.137. The number of aromatic nitrogens is 3. The van der Waals surface area contributed by atoms with Crippen molar-refractivity contribution in [2.75, 3.05) is 6.61 Å². The minimum Gasteiger partial charge on any atom is -0.394 e. The Morgan fingerprint density at radius 1 is 1.25 bits per heavy atom. The van der Waals surface area contributed by atoms with E-state index in [4.69, 9.17) is 22.1 Å². The van der Waals surface area contributed by atoms with E-state index in [9.17, 15) is 32.2 Å². The molecule has 1 aliphatic heterocycles. The fraction of sp³-hybridized carbons (Fsp3) is 0.333. The number of rotatable bonds is 5. The zero-order valence-corrected chi connectivity index (χ0v) is 22.8. The number of hydrogen-bond acceptors (Lipinski definition) is 6. The first kappa shape index (κ1) is 30.0. The van der Waals surface area contributed by atoms with Gasteiger partial charge in [0.15, 0.2) is 5.84 Å². The number of amidine groups is 2. The molecule has 1 aliphatic rings. The molecule has 4 unspecified atom stereocenters. The second kappa shape index (κ2) is 11.9. The summed E-state index contributed by atoms with van der Waals surface area (Å²) >= 11 is 8.72. The predicted octanol–water partition coefficient (Wildman–Crippen LogP) is 4.82. The molecule has 40 heavy (non-hydrogen) atoms. The van der Waals surface area contributed by atoms with Gasteiger partial charge in [-0.2, -0.15) is 13.2 Å². The lowest BCUT2D eigenvalue weighted by atomic mass is 9.95. The SMILES string of the molecule is CC(N)=NC(=Nc1cc(Cl)ccc1C(F)(F)F)C1CC(n2cc(-c3cc(F)c(Br)c(F)c3)nn2)C(O)C(CO)O1. The molecule has 4 N–H and O–H groups in total. The lowest BCUT2D eigenvalue weighted by Gasteiger charge is -2.38. The van der Waals surface area contributed by atoms with Crippen LogP contribution in [0.1, 0.15) is 24.9 Å². The molecule has 1 aromatic heterocycles. The molecule has 0 bridgehead atoms. The van der Waals surface area contributed by atoms with Gasteiger partial charge in [-0.3, -0.25) is 0 Å². The smallest absolute Gasteiger partial charge is 0.394 e. The van der Waals surface area contributed by atoms with Crippen molar-refractivity contribution in [1.29, 1.82) is 0 Å². The highest BCUT2D eigenvalue weighted by Crippen LogP contribution is 2.39. The van der Waals surface area contributed by atoms with Crippen LogP contribution >= 0.6 is 27.5 Å². The van der Waals surface area contributed by atoms with Crippen LogP contribution in [0.3, 0.4) is 0 Å². The van der Waals surface area contributed by atoms with E-state index in [1.54, 1.807) is 0 Å². The number of aliphatic hydroxyl groups excluding tert-OH is 2. The third-order valence-electron chi connectivity index (χ3n) is 5.96. The number of aliphatic hydroxyl groups is 2. The molecular formula is C24H21BrClF5N6O3. The van der Waals surface area contributed by atoms with E-state index in [1.807, 2.05) is 0 Å². The first-order valence-electron chi connectivity index (χ1n) is 11.6. The standard InChI is InChI=1S/C24H21BrClF5N6O3/c1-10(32)33-23(34-16-6-12(26)2-3-13(16)24(29,30)31)19-7-18(22(39)20(9-38)40-19)37-8-17(35-36-37)11-4-14(27)21(25)15(28)5-11/h2-6,8,18-20,22,38-39H,7,9H2,1H3,(H2,32,33,34). The minimum atomic E-state index is -4.76. The normalized spacial score (nSPS) is 22.6. The maximum absolute atomic E-state index is 14.1. The van der Waals surface area contributed by atoms with E-state index >= 15 is 0 Å². The summed E-state index contributed by atoms with van der Waals surface area (Å²) in [6.07, 6.45) is -7.38. The molecule has 0 amide bonds. The number of nitrogens with two attached hydrogens (primary N) is 1. The number of halogens is 7. The predicted molar refractivity (Wildman–Crippen MR) is 139 cm³/mol. The van der Waals surface area contributed by atoms with Gasteiger partial charge in [0.25, 0.3) is 0 Å². The highest BCUT2D eigenvalue weighted by atomic mass is 79.9. The number of alkyl halides is 3. The van der Waals surface area contributed by atoms with E-state index in [0.717, 1.165) is 30.3 Å². The van der Waals surface area contributed by atoms with Crippen LogP contribution in [-0.2, 0) is 10.9 Å². The van der Waals surface area contributed by atoms with Crippen LogP contribution in [0.15, 0.2) is 51.0 Å². The first-order chi connectivity index (χ1) is 18.8. The van der Waals surface area contributed by atoms with Crippen LogP contribution in [0, 0.1) is 11.6 Å². The van der Waals surface area contributed by atoms with Crippen LogP contribution in [0.25, 0.3) is 11.3 Å². The van der Waals surface area contributed by atoms with Crippen LogP contribution in [0.2, 0.25) is 5.02 Å². The molecule has 3 aromatic rings. The molecule has 0 saturated carbocycles. The van der Waals surface area contributed by atoms with Crippen molar-refractivity contribution in [2.24, 2.45) is 15.7 Å². The van der Waals surface area contributed by atoms with Crippen molar-refractivity contribution in [3.63, 3.8) is 0 Å². The summed E-state index contributed by atoms with van der Waals surface area (Å²) < 4.78 is 75.7. The second-order valence-corrected chi connectivity index (χ2v) is 10.1. The lowest BCUT2D eigenvalue weighted by Crippen LogP contribution is -2.50. The third kappa shape index (κ3) is 6.49. The molecule has 9 nitrogen and oxygen atoms in total. The third-order valence-corrected chi connectivity index (χ3v) is 6.95. The van der Waals surface area contributed by atoms with Crippen molar-refractivity contribution in [3.05, 3.63) is 63.2 Å². The highest BCUT2D eigenvalue weighted by Gasteiger charge is 2.42. The average Bonchev–Trinajstić information content (AvgIpc) is 3.36. The minimum absolute atomic E-state index is 0.0124. The van der Waals surface area contributed by atoms with Gasteiger partial charge in [-0.15, -0.1) is 5.10 Å². The van der Waals surface area contributed by atoms with Gasteiger partial charge in [0.05, 0.1) is 40.4 Å². The van der Waals surface area contributed by atoms with Crippen molar-refractivity contribution in [1.82, 2.24) is 15.0 Å². The number of benzene rings is 2. The number of ether oxygens (including phenoxy) is 1. The van der Waals surface area contributed by atoms with Gasteiger partial charge in [-0.05, 0) is 53.2 Å². The molecule has 0 radical (unpaired) electrons. The Hall–Kier alpha value is -2.98. The van der Waals surface area contributed by atoms with E-state index in [0.29, 0.717) is 0 Å². The second-order valence-electron chi connectivity index (χ2n) is 8.86. The van der Waals surface area contributed by atoms with Gasteiger partial charge in [0.1, 0.15) is 35.6 Å². The maximum Gasteiger partial charge on any atom is 0.418 e. The highest BCUT2D eigenvalue weighted by molar-refractivity contribution is 9.10. The summed E-state index contributed by atoms with van der Waals surface area (Å²) in [5.74, 6) is -2.07. The maximum atomic E-state index is 14.1. The van der Waals surface area contributed by atoms with Crippen LogP contribution in [0.4, 0.5) is 27.6 Å². The van der Waals surface area contributed by atoms with Crippen LogP contribution in [0.5, 0.6) is 0 Å². The summed E-state index contributed by atoms with van der Waals surface area (Å²) in [5.41, 5.74) is 4.23. The summed E-state index contributed by atoms with van der Waals surface area (Å²) in [6.45, 7) is 0.708. The van der Waals surface area contributed by atoms with Gasteiger partial charge in [0, 0.05) is 17.0 Å². The summed E-state index contributed by atoms with van der Waals surface area (Å²) in [7, 11) is 0. The first-order valence-corrected chi connectivity index (χ1v) is 12.7.